The molecular formula is C15H30N2. The molecule has 0 aromatic carbocycles. The molecule has 2 nitrogen and oxygen atoms in total. The Morgan fingerprint density at radius 1 is 1.12 bits per heavy atom. The summed E-state index contributed by atoms with van der Waals surface area (Å²) in [5.41, 5.74) is 6.70. The highest BCUT2D eigenvalue weighted by Gasteiger charge is 2.29. The van der Waals surface area contributed by atoms with E-state index in [1.165, 1.54) is 64.5 Å². The molecule has 2 unspecified atom stereocenters. The van der Waals surface area contributed by atoms with Gasteiger partial charge in [-0.3, -0.25) is 0 Å². The van der Waals surface area contributed by atoms with E-state index in [0.29, 0.717) is 0 Å². The highest BCUT2D eigenvalue weighted by atomic mass is 15.2. The number of hydrogen-bond acceptors (Lipinski definition) is 2. The topological polar surface area (TPSA) is 29.3 Å². The molecule has 2 N–H and O–H groups in total. The molecule has 17 heavy (non-hydrogen) atoms. The van der Waals surface area contributed by atoms with Gasteiger partial charge in [-0.25, -0.2) is 0 Å². The Bertz CT molecular complexity index is 233. The Balaban J connectivity index is 1.79. The van der Waals surface area contributed by atoms with Crippen molar-refractivity contribution in [1.29, 1.82) is 0 Å². The molecule has 2 atom stereocenters. The number of piperidine rings is 1. The van der Waals surface area contributed by atoms with E-state index in [1.54, 1.807) is 0 Å². The largest absolute Gasteiger partial charge is 0.325 e. The molecule has 0 aromatic heterocycles. The molecule has 0 radical (unpaired) electrons. The first-order valence-corrected chi connectivity index (χ1v) is 7.62. The van der Waals surface area contributed by atoms with Crippen LogP contribution in [0.1, 0.15) is 65.2 Å². The van der Waals surface area contributed by atoms with Crippen LogP contribution in [-0.2, 0) is 0 Å². The maximum Gasteiger partial charge on any atom is 0.0166 e. The van der Waals surface area contributed by atoms with Crippen molar-refractivity contribution in [1.82, 2.24) is 4.90 Å². The molecule has 2 fully saturated rings. The van der Waals surface area contributed by atoms with Gasteiger partial charge in [-0.2, -0.15) is 0 Å². The minimum Gasteiger partial charge on any atom is -0.325 e. The molecular weight excluding hydrogens is 208 g/mol. The summed E-state index contributed by atoms with van der Waals surface area (Å²) in [5.74, 6) is 0.881. The molecule has 2 heteroatoms. The van der Waals surface area contributed by atoms with E-state index in [-0.39, 0.29) is 5.54 Å². The Labute approximate surface area is 107 Å². The van der Waals surface area contributed by atoms with E-state index < -0.39 is 0 Å². The van der Waals surface area contributed by atoms with Crippen molar-refractivity contribution < 1.29 is 0 Å². The van der Waals surface area contributed by atoms with Gasteiger partial charge in [0.25, 0.3) is 0 Å². The average Bonchev–Trinajstić information content (AvgIpc) is 2.31. The van der Waals surface area contributed by atoms with Crippen LogP contribution in [0.3, 0.4) is 0 Å². The van der Waals surface area contributed by atoms with Crippen LogP contribution in [0.4, 0.5) is 0 Å². The van der Waals surface area contributed by atoms with Crippen molar-refractivity contribution in [2.45, 2.75) is 76.8 Å². The van der Waals surface area contributed by atoms with E-state index >= 15 is 0 Å². The smallest absolute Gasteiger partial charge is 0.0166 e. The van der Waals surface area contributed by atoms with Crippen molar-refractivity contribution in [2.75, 3.05) is 13.1 Å². The summed E-state index contributed by atoms with van der Waals surface area (Å²) < 4.78 is 0. The first-order valence-electron chi connectivity index (χ1n) is 7.62. The third-order valence-corrected chi connectivity index (χ3v) is 4.99. The maximum atomic E-state index is 6.53. The maximum absolute atomic E-state index is 6.53. The molecule has 1 aliphatic carbocycles. The second kappa shape index (κ2) is 5.71. The second-order valence-corrected chi connectivity index (χ2v) is 6.70. The number of hydrogen-bond donors (Lipinski definition) is 1. The predicted molar refractivity (Wildman–Crippen MR) is 74.1 cm³/mol. The molecule has 2 aliphatic rings. The number of likely N-dealkylation sites (tertiary alicyclic amines) is 1. The van der Waals surface area contributed by atoms with Gasteiger partial charge >= 0.3 is 0 Å². The average molecular weight is 238 g/mol. The zero-order valence-corrected chi connectivity index (χ0v) is 11.8. The first-order chi connectivity index (χ1) is 8.09. The van der Waals surface area contributed by atoms with E-state index in [1.807, 2.05) is 0 Å². The summed E-state index contributed by atoms with van der Waals surface area (Å²) >= 11 is 0. The van der Waals surface area contributed by atoms with Crippen molar-refractivity contribution in [2.24, 2.45) is 11.7 Å². The van der Waals surface area contributed by atoms with E-state index in [9.17, 15) is 0 Å². The van der Waals surface area contributed by atoms with Crippen molar-refractivity contribution in [3.8, 4) is 0 Å². The molecule has 0 aromatic rings. The van der Waals surface area contributed by atoms with Gasteiger partial charge in [-0.05, 0) is 44.9 Å². The minimum atomic E-state index is 0.165. The summed E-state index contributed by atoms with van der Waals surface area (Å²) in [6.07, 6.45) is 10.6. The fourth-order valence-corrected chi connectivity index (χ4v) is 3.56. The van der Waals surface area contributed by atoms with Crippen LogP contribution in [0.5, 0.6) is 0 Å². The van der Waals surface area contributed by atoms with Gasteiger partial charge in [0, 0.05) is 24.7 Å². The lowest BCUT2D eigenvalue weighted by atomic mass is 9.80. The normalized spacial score (nSPS) is 34.8. The van der Waals surface area contributed by atoms with Crippen LogP contribution in [0.2, 0.25) is 0 Å². The van der Waals surface area contributed by atoms with E-state index in [2.05, 4.69) is 18.7 Å². The monoisotopic (exact) mass is 238 g/mol. The zero-order valence-electron chi connectivity index (χ0n) is 11.8. The molecule has 2 rings (SSSR count). The third-order valence-electron chi connectivity index (χ3n) is 4.99. The molecule has 0 amide bonds. The fourth-order valence-electron chi connectivity index (χ4n) is 3.56. The number of nitrogens with two attached hydrogens (primary N) is 1. The summed E-state index contributed by atoms with van der Waals surface area (Å²) in [7, 11) is 0. The molecule has 1 heterocycles. The van der Waals surface area contributed by atoms with Crippen LogP contribution in [0.25, 0.3) is 0 Å². The van der Waals surface area contributed by atoms with Crippen LogP contribution in [-0.4, -0.2) is 29.6 Å². The highest BCUT2D eigenvalue weighted by Crippen LogP contribution is 2.30. The van der Waals surface area contributed by atoms with Crippen LogP contribution in [0.15, 0.2) is 0 Å². The Hall–Kier alpha value is -0.0800. The molecule has 0 spiro atoms. The van der Waals surface area contributed by atoms with Crippen molar-refractivity contribution in [3.05, 3.63) is 0 Å². The van der Waals surface area contributed by atoms with Crippen LogP contribution in [0, 0.1) is 5.92 Å². The van der Waals surface area contributed by atoms with Crippen molar-refractivity contribution >= 4 is 0 Å². The predicted octanol–water partition coefficient (Wildman–Crippen LogP) is 3.16. The van der Waals surface area contributed by atoms with Crippen LogP contribution >= 0.6 is 0 Å². The molecule has 100 valence electrons. The van der Waals surface area contributed by atoms with Gasteiger partial charge < -0.3 is 10.6 Å². The zero-order chi connectivity index (χ0) is 12.3. The molecule has 1 saturated carbocycles. The van der Waals surface area contributed by atoms with E-state index in [4.69, 9.17) is 5.73 Å². The summed E-state index contributed by atoms with van der Waals surface area (Å²) in [4.78, 5) is 2.68. The lowest BCUT2D eigenvalue weighted by Crippen LogP contribution is -2.48. The number of rotatable bonds is 3. The summed E-state index contributed by atoms with van der Waals surface area (Å²) in [5, 5.41) is 0. The lowest BCUT2D eigenvalue weighted by molar-refractivity contribution is 0.108. The Morgan fingerprint density at radius 3 is 2.53 bits per heavy atom. The molecule has 0 bridgehead atoms. The molecule has 1 aliphatic heterocycles. The first kappa shape index (κ1) is 13.4. The van der Waals surface area contributed by atoms with E-state index in [0.717, 1.165) is 12.0 Å². The third kappa shape index (κ3) is 3.69. The standard InChI is InChI=1S/C15H30N2/c1-13-6-7-14(2)17(12-13)11-10-15(16)8-4-3-5-9-15/h13-14H,3-12,16H2,1-2H3. The van der Waals surface area contributed by atoms with Crippen molar-refractivity contribution in [3.63, 3.8) is 0 Å². The fraction of sp³-hybridized carbons (Fsp3) is 1.00. The summed E-state index contributed by atoms with van der Waals surface area (Å²) in [6.45, 7) is 7.28. The Morgan fingerprint density at radius 2 is 1.82 bits per heavy atom. The van der Waals surface area contributed by atoms with Gasteiger partial charge in [-0.1, -0.05) is 26.2 Å². The van der Waals surface area contributed by atoms with Gasteiger partial charge in [0.2, 0.25) is 0 Å². The minimum absolute atomic E-state index is 0.165. The highest BCUT2D eigenvalue weighted by molar-refractivity contribution is 4.89. The Kier molecular flexibility index (Phi) is 4.48. The lowest BCUT2D eigenvalue weighted by Gasteiger charge is -2.40. The van der Waals surface area contributed by atoms with Gasteiger partial charge in [0.15, 0.2) is 0 Å². The molecule has 1 saturated heterocycles. The quantitative estimate of drug-likeness (QED) is 0.818. The van der Waals surface area contributed by atoms with Gasteiger partial charge in [0.05, 0.1) is 0 Å². The number of nitrogens with zero attached hydrogens (tertiary/aromatic N) is 1. The van der Waals surface area contributed by atoms with Gasteiger partial charge in [0.1, 0.15) is 0 Å². The second-order valence-electron chi connectivity index (χ2n) is 6.70. The van der Waals surface area contributed by atoms with Crippen LogP contribution < -0.4 is 5.73 Å². The van der Waals surface area contributed by atoms with Gasteiger partial charge in [-0.15, -0.1) is 0 Å². The summed E-state index contributed by atoms with van der Waals surface area (Å²) in [6, 6.07) is 0.776. The SMILES string of the molecule is CC1CCC(C)N(CCC2(N)CCCCC2)C1.